The van der Waals surface area contributed by atoms with E-state index in [4.69, 9.17) is 5.11 Å². The molecule has 0 aliphatic rings. The molecule has 2 amide bonds. The van der Waals surface area contributed by atoms with Gasteiger partial charge in [-0.3, -0.25) is 0 Å². The smallest absolute Gasteiger partial charge is 0.319 e. The molecular formula is C17H23FN4O2. The number of aryl methyl sites for hydroxylation is 2. The lowest BCUT2D eigenvalue weighted by atomic mass is 10.2. The van der Waals surface area contributed by atoms with Crippen LogP contribution >= 0.6 is 0 Å². The van der Waals surface area contributed by atoms with Crippen LogP contribution in [0.3, 0.4) is 0 Å². The SMILES string of the molecule is CCC(CCO)NC(=O)Nc1ccc(-n2nc(C)cc2C)c(F)c1. The summed E-state index contributed by atoms with van der Waals surface area (Å²) in [5, 5.41) is 18.5. The Morgan fingerprint density at radius 3 is 2.67 bits per heavy atom. The third-order valence-corrected chi connectivity index (χ3v) is 3.75. The van der Waals surface area contributed by atoms with Gasteiger partial charge in [0.05, 0.1) is 5.69 Å². The van der Waals surface area contributed by atoms with Crippen molar-refractivity contribution in [2.45, 2.75) is 39.7 Å². The van der Waals surface area contributed by atoms with Crippen molar-refractivity contribution in [2.24, 2.45) is 0 Å². The number of rotatable bonds is 6. The lowest BCUT2D eigenvalue weighted by Crippen LogP contribution is -2.38. The number of aliphatic hydroxyl groups excluding tert-OH is 1. The van der Waals surface area contributed by atoms with Crippen LogP contribution in [-0.4, -0.2) is 33.6 Å². The molecule has 3 N–H and O–H groups in total. The number of hydrogen-bond acceptors (Lipinski definition) is 3. The minimum atomic E-state index is -0.471. The van der Waals surface area contributed by atoms with Crippen molar-refractivity contribution in [1.29, 1.82) is 0 Å². The van der Waals surface area contributed by atoms with E-state index < -0.39 is 11.8 Å². The lowest BCUT2D eigenvalue weighted by molar-refractivity contribution is 0.237. The monoisotopic (exact) mass is 334 g/mol. The maximum Gasteiger partial charge on any atom is 0.319 e. The zero-order valence-electron chi connectivity index (χ0n) is 14.1. The summed E-state index contributed by atoms with van der Waals surface area (Å²) >= 11 is 0. The Balaban J connectivity index is 2.09. The minimum absolute atomic E-state index is 0.00471. The zero-order valence-corrected chi connectivity index (χ0v) is 14.1. The highest BCUT2D eigenvalue weighted by Gasteiger charge is 2.13. The van der Waals surface area contributed by atoms with Crippen LogP contribution < -0.4 is 10.6 Å². The summed E-state index contributed by atoms with van der Waals surface area (Å²) < 4.78 is 15.9. The highest BCUT2D eigenvalue weighted by atomic mass is 19.1. The van der Waals surface area contributed by atoms with Gasteiger partial charge < -0.3 is 15.7 Å². The van der Waals surface area contributed by atoms with Crippen LogP contribution in [0.5, 0.6) is 0 Å². The maximum absolute atomic E-state index is 14.4. The first-order chi connectivity index (χ1) is 11.4. The van der Waals surface area contributed by atoms with E-state index in [-0.39, 0.29) is 12.6 Å². The van der Waals surface area contributed by atoms with Crippen LogP contribution in [0, 0.1) is 19.7 Å². The van der Waals surface area contributed by atoms with Crippen LogP contribution in [-0.2, 0) is 0 Å². The molecule has 0 saturated heterocycles. The fourth-order valence-corrected chi connectivity index (χ4v) is 2.52. The average molecular weight is 334 g/mol. The van der Waals surface area contributed by atoms with Gasteiger partial charge in [-0.1, -0.05) is 6.92 Å². The highest BCUT2D eigenvalue weighted by molar-refractivity contribution is 5.89. The predicted octanol–water partition coefficient (Wildman–Crippen LogP) is 2.91. The van der Waals surface area contributed by atoms with Crippen molar-refractivity contribution in [3.8, 4) is 5.69 Å². The van der Waals surface area contributed by atoms with Crippen LogP contribution in [0.25, 0.3) is 5.69 Å². The minimum Gasteiger partial charge on any atom is -0.396 e. The maximum atomic E-state index is 14.4. The van der Waals surface area contributed by atoms with E-state index in [2.05, 4.69) is 15.7 Å². The van der Waals surface area contributed by atoms with Crippen LogP contribution in [0.4, 0.5) is 14.9 Å². The Bertz CT molecular complexity index is 715. The second-order valence-corrected chi connectivity index (χ2v) is 5.72. The second-order valence-electron chi connectivity index (χ2n) is 5.72. The van der Waals surface area contributed by atoms with E-state index in [9.17, 15) is 9.18 Å². The number of hydrogen-bond donors (Lipinski definition) is 3. The molecule has 6 nitrogen and oxygen atoms in total. The van der Waals surface area contributed by atoms with Gasteiger partial charge in [0.2, 0.25) is 0 Å². The van der Waals surface area contributed by atoms with Gasteiger partial charge in [0.15, 0.2) is 5.82 Å². The van der Waals surface area contributed by atoms with E-state index in [1.807, 2.05) is 26.8 Å². The summed E-state index contributed by atoms with van der Waals surface area (Å²) in [5.74, 6) is -0.471. The van der Waals surface area contributed by atoms with Crippen molar-refractivity contribution in [3.05, 3.63) is 41.5 Å². The number of nitrogens with zero attached hydrogens (tertiary/aromatic N) is 2. The summed E-state index contributed by atoms with van der Waals surface area (Å²) in [6.45, 7) is 5.62. The van der Waals surface area contributed by atoms with Crippen molar-refractivity contribution in [2.75, 3.05) is 11.9 Å². The molecule has 0 fully saturated rings. The van der Waals surface area contributed by atoms with E-state index >= 15 is 0 Å². The molecule has 0 bridgehead atoms. The molecular weight excluding hydrogens is 311 g/mol. The van der Waals surface area contributed by atoms with E-state index in [1.54, 1.807) is 12.1 Å². The number of carbonyl (C=O) groups is 1. The zero-order chi connectivity index (χ0) is 17.7. The fraction of sp³-hybridized carbons (Fsp3) is 0.412. The topological polar surface area (TPSA) is 79.2 Å². The summed E-state index contributed by atoms with van der Waals surface area (Å²) in [6, 6.07) is 5.79. The molecule has 1 heterocycles. The van der Waals surface area contributed by atoms with Crippen LogP contribution in [0.2, 0.25) is 0 Å². The molecule has 0 aliphatic carbocycles. The van der Waals surface area contributed by atoms with Gasteiger partial charge in [-0.05, 0) is 51.0 Å². The molecule has 1 unspecified atom stereocenters. The third-order valence-electron chi connectivity index (χ3n) is 3.75. The molecule has 0 aliphatic heterocycles. The van der Waals surface area contributed by atoms with Crippen LogP contribution in [0.1, 0.15) is 31.2 Å². The van der Waals surface area contributed by atoms with Gasteiger partial charge in [-0.25, -0.2) is 13.9 Å². The van der Waals surface area contributed by atoms with Gasteiger partial charge in [0.1, 0.15) is 5.69 Å². The number of carbonyl (C=O) groups excluding carboxylic acids is 1. The molecule has 130 valence electrons. The van der Waals surface area contributed by atoms with Gasteiger partial charge in [0, 0.05) is 24.0 Å². The number of halogens is 1. The number of benzene rings is 1. The van der Waals surface area contributed by atoms with Crippen molar-refractivity contribution in [1.82, 2.24) is 15.1 Å². The molecule has 1 aromatic heterocycles. The fourth-order valence-electron chi connectivity index (χ4n) is 2.52. The summed E-state index contributed by atoms with van der Waals surface area (Å²) in [7, 11) is 0. The molecule has 1 atom stereocenters. The predicted molar refractivity (Wildman–Crippen MR) is 90.9 cm³/mol. The summed E-state index contributed by atoms with van der Waals surface area (Å²) in [4.78, 5) is 11.9. The van der Waals surface area contributed by atoms with E-state index in [0.29, 0.717) is 24.2 Å². The Morgan fingerprint density at radius 2 is 2.12 bits per heavy atom. The average Bonchev–Trinajstić information content (AvgIpc) is 2.85. The molecule has 0 saturated carbocycles. The summed E-state index contributed by atoms with van der Waals surface area (Å²) in [5.41, 5.74) is 2.33. The van der Waals surface area contributed by atoms with Gasteiger partial charge in [0.25, 0.3) is 0 Å². The number of anilines is 1. The largest absolute Gasteiger partial charge is 0.396 e. The number of amides is 2. The number of nitrogens with one attached hydrogen (secondary N) is 2. The van der Waals surface area contributed by atoms with Gasteiger partial charge in [-0.15, -0.1) is 0 Å². The number of aliphatic hydroxyl groups is 1. The Hall–Kier alpha value is -2.41. The number of urea groups is 1. The van der Waals surface area contributed by atoms with Crippen molar-refractivity contribution < 1.29 is 14.3 Å². The van der Waals surface area contributed by atoms with Crippen molar-refractivity contribution in [3.63, 3.8) is 0 Å². The second kappa shape index (κ2) is 7.92. The van der Waals surface area contributed by atoms with Crippen molar-refractivity contribution >= 4 is 11.7 Å². The molecule has 0 radical (unpaired) electrons. The van der Waals surface area contributed by atoms with Gasteiger partial charge in [-0.2, -0.15) is 5.10 Å². The molecule has 2 aromatic rings. The number of aromatic nitrogens is 2. The molecule has 7 heteroatoms. The first kappa shape index (κ1) is 17.9. The normalized spacial score (nSPS) is 12.0. The van der Waals surface area contributed by atoms with Crippen LogP contribution in [0.15, 0.2) is 24.3 Å². The first-order valence-electron chi connectivity index (χ1n) is 7.96. The molecule has 2 rings (SSSR count). The standard InChI is InChI=1S/C17H23FN4O2/c1-4-13(7-8-23)19-17(24)20-14-5-6-16(15(18)10-14)22-12(3)9-11(2)21-22/h5-6,9-10,13,23H,4,7-8H2,1-3H3,(H2,19,20,24). The molecule has 1 aromatic carbocycles. The third kappa shape index (κ3) is 4.32. The Labute approximate surface area is 140 Å². The Morgan fingerprint density at radius 1 is 1.38 bits per heavy atom. The van der Waals surface area contributed by atoms with Gasteiger partial charge >= 0.3 is 6.03 Å². The Kier molecular flexibility index (Phi) is 5.92. The molecule has 24 heavy (non-hydrogen) atoms. The first-order valence-corrected chi connectivity index (χ1v) is 7.96. The lowest BCUT2D eigenvalue weighted by Gasteiger charge is -2.16. The van der Waals surface area contributed by atoms with E-state index in [0.717, 1.165) is 11.4 Å². The summed E-state index contributed by atoms with van der Waals surface area (Å²) in [6.07, 6.45) is 1.19. The highest BCUT2D eigenvalue weighted by Crippen LogP contribution is 2.20. The molecule has 0 spiro atoms. The quantitative estimate of drug-likeness (QED) is 0.760. The van der Waals surface area contributed by atoms with E-state index in [1.165, 1.54) is 10.7 Å².